The molecule has 2 saturated heterocycles. The van der Waals surface area contributed by atoms with Crippen LogP contribution in [-0.4, -0.2) is 65.3 Å². The van der Waals surface area contributed by atoms with E-state index in [1.165, 1.54) is 31.0 Å². The molecule has 1 amide bonds. The molecule has 5 nitrogen and oxygen atoms in total. The van der Waals surface area contributed by atoms with Crippen molar-refractivity contribution >= 4 is 5.91 Å². The Bertz CT molecular complexity index is 596. The summed E-state index contributed by atoms with van der Waals surface area (Å²) in [4.78, 5) is 16.5. The maximum absolute atomic E-state index is 13.8. The predicted octanol–water partition coefficient (Wildman–Crippen LogP) is 1.56. The first-order valence-electron chi connectivity index (χ1n) is 9.09. The number of piperidine rings is 1. The average molecular weight is 350 g/mol. The highest BCUT2D eigenvalue weighted by atomic mass is 19.1. The monoisotopic (exact) mass is 350 g/mol. The fraction of sp³-hybridized carbons (Fsp3) is 0.632. The fourth-order valence-electron chi connectivity index (χ4n) is 3.99. The summed E-state index contributed by atoms with van der Waals surface area (Å²) in [5.74, 6) is -1.03. The summed E-state index contributed by atoms with van der Waals surface area (Å²) < 4.78 is 13.8. The number of halogens is 1. The van der Waals surface area contributed by atoms with Crippen molar-refractivity contribution in [2.75, 3.05) is 39.3 Å². The van der Waals surface area contributed by atoms with Crippen LogP contribution < -0.4 is 0 Å². The van der Waals surface area contributed by atoms with Gasteiger partial charge in [0, 0.05) is 30.6 Å². The molecule has 0 spiro atoms. The van der Waals surface area contributed by atoms with Crippen molar-refractivity contribution in [3.8, 4) is 0 Å². The van der Waals surface area contributed by atoms with E-state index in [0.717, 1.165) is 19.6 Å². The molecule has 0 bridgehead atoms. The summed E-state index contributed by atoms with van der Waals surface area (Å²) in [5, 5.41) is 20.2. The zero-order valence-corrected chi connectivity index (χ0v) is 14.5. The standard InChI is InChI=1S/C19H27FN2O3/c20-16-6-2-1-5-15(16)17(24)18(25)22-11-7-19(14-23,8-12-22)13-21-9-3-4-10-21/h1-2,5-6,17,23-24H,3-4,7-14H2/t17-/m1/s1. The number of aliphatic hydroxyl groups excluding tert-OH is 2. The largest absolute Gasteiger partial charge is 0.396 e. The number of nitrogens with zero attached hydrogens (tertiary/aromatic N) is 2. The Morgan fingerprint density at radius 3 is 2.40 bits per heavy atom. The molecule has 2 aliphatic heterocycles. The van der Waals surface area contributed by atoms with E-state index >= 15 is 0 Å². The van der Waals surface area contributed by atoms with Crippen LogP contribution in [0.1, 0.15) is 37.4 Å². The Morgan fingerprint density at radius 1 is 1.16 bits per heavy atom. The van der Waals surface area contributed by atoms with Crippen LogP contribution in [0.4, 0.5) is 4.39 Å². The molecular formula is C19H27FN2O3. The van der Waals surface area contributed by atoms with Crippen LogP contribution in [0.2, 0.25) is 0 Å². The van der Waals surface area contributed by atoms with Crippen LogP contribution in [0.15, 0.2) is 24.3 Å². The first-order chi connectivity index (χ1) is 12.0. The van der Waals surface area contributed by atoms with Gasteiger partial charge in [-0.25, -0.2) is 4.39 Å². The lowest BCUT2D eigenvalue weighted by Crippen LogP contribution is -2.50. The molecule has 0 unspecified atom stereocenters. The van der Waals surface area contributed by atoms with Gasteiger partial charge in [-0.2, -0.15) is 0 Å². The van der Waals surface area contributed by atoms with Gasteiger partial charge in [0.15, 0.2) is 6.10 Å². The highest BCUT2D eigenvalue weighted by Gasteiger charge is 2.38. The van der Waals surface area contributed by atoms with E-state index in [2.05, 4.69) is 4.90 Å². The van der Waals surface area contributed by atoms with Gasteiger partial charge in [-0.3, -0.25) is 4.79 Å². The molecule has 2 fully saturated rings. The quantitative estimate of drug-likeness (QED) is 0.846. The van der Waals surface area contributed by atoms with Crippen molar-refractivity contribution in [3.63, 3.8) is 0 Å². The first kappa shape index (κ1) is 18.3. The third-order valence-corrected chi connectivity index (χ3v) is 5.66. The van der Waals surface area contributed by atoms with Crippen LogP contribution in [0.3, 0.4) is 0 Å². The third-order valence-electron chi connectivity index (χ3n) is 5.66. The van der Waals surface area contributed by atoms with Crippen LogP contribution >= 0.6 is 0 Å². The smallest absolute Gasteiger partial charge is 0.256 e. The molecule has 2 aliphatic rings. The van der Waals surface area contributed by atoms with E-state index in [0.29, 0.717) is 25.9 Å². The normalized spacial score (nSPS) is 22.1. The van der Waals surface area contributed by atoms with Crippen molar-refractivity contribution in [1.82, 2.24) is 9.80 Å². The summed E-state index contributed by atoms with van der Waals surface area (Å²) >= 11 is 0. The molecule has 1 atom stereocenters. The zero-order valence-electron chi connectivity index (χ0n) is 14.5. The topological polar surface area (TPSA) is 64.0 Å². The molecule has 1 aromatic rings. The van der Waals surface area contributed by atoms with Gasteiger partial charge in [-0.1, -0.05) is 18.2 Å². The van der Waals surface area contributed by atoms with Gasteiger partial charge in [0.2, 0.25) is 0 Å². The summed E-state index contributed by atoms with van der Waals surface area (Å²) in [5.41, 5.74) is -0.159. The summed E-state index contributed by atoms with van der Waals surface area (Å²) in [7, 11) is 0. The Kier molecular flexibility index (Phi) is 5.71. The second-order valence-corrected chi connectivity index (χ2v) is 7.39. The van der Waals surface area contributed by atoms with Crippen LogP contribution in [-0.2, 0) is 4.79 Å². The predicted molar refractivity (Wildman–Crippen MR) is 92.4 cm³/mol. The van der Waals surface area contributed by atoms with Gasteiger partial charge in [0.1, 0.15) is 5.82 Å². The molecule has 1 aromatic carbocycles. The highest BCUT2D eigenvalue weighted by Crippen LogP contribution is 2.34. The SMILES string of the molecule is O=C([C@H](O)c1ccccc1F)N1CCC(CO)(CN2CCCC2)CC1. The number of hydrogen-bond acceptors (Lipinski definition) is 4. The number of likely N-dealkylation sites (tertiary alicyclic amines) is 2. The molecule has 0 radical (unpaired) electrons. The molecule has 0 saturated carbocycles. The lowest BCUT2D eigenvalue weighted by atomic mass is 9.78. The maximum Gasteiger partial charge on any atom is 0.256 e. The number of carbonyl (C=O) groups excluding carboxylic acids is 1. The van der Waals surface area contributed by atoms with Gasteiger partial charge < -0.3 is 20.0 Å². The number of rotatable bonds is 5. The van der Waals surface area contributed by atoms with Crippen molar-refractivity contribution in [2.45, 2.75) is 31.8 Å². The Labute approximate surface area is 148 Å². The minimum absolute atomic E-state index is 0.0172. The van der Waals surface area contributed by atoms with Gasteiger partial charge >= 0.3 is 0 Å². The fourth-order valence-corrected chi connectivity index (χ4v) is 3.99. The van der Waals surface area contributed by atoms with E-state index in [-0.39, 0.29) is 17.6 Å². The summed E-state index contributed by atoms with van der Waals surface area (Å²) in [6.45, 7) is 4.10. The van der Waals surface area contributed by atoms with Crippen LogP contribution in [0.25, 0.3) is 0 Å². The second kappa shape index (κ2) is 7.81. The molecule has 138 valence electrons. The minimum Gasteiger partial charge on any atom is -0.396 e. The van der Waals surface area contributed by atoms with Crippen molar-refractivity contribution in [1.29, 1.82) is 0 Å². The van der Waals surface area contributed by atoms with Gasteiger partial charge in [0.05, 0.1) is 6.61 Å². The molecule has 6 heteroatoms. The maximum atomic E-state index is 13.8. The van der Waals surface area contributed by atoms with Crippen molar-refractivity contribution in [2.24, 2.45) is 5.41 Å². The molecule has 3 rings (SSSR count). The lowest BCUT2D eigenvalue weighted by Gasteiger charge is -2.43. The number of aliphatic hydroxyl groups is 2. The Morgan fingerprint density at radius 2 is 1.80 bits per heavy atom. The average Bonchev–Trinajstić information content (AvgIpc) is 3.14. The second-order valence-electron chi connectivity index (χ2n) is 7.39. The number of carbonyl (C=O) groups is 1. The number of amides is 1. The Balaban J connectivity index is 1.60. The minimum atomic E-state index is -1.47. The molecule has 25 heavy (non-hydrogen) atoms. The van der Waals surface area contributed by atoms with Crippen LogP contribution in [0, 0.1) is 11.2 Å². The van der Waals surface area contributed by atoms with Gasteiger partial charge in [-0.05, 0) is 44.8 Å². The van der Waals surface area contributed by atoms with Crippen molar-refractivity contribution < 1.29 is 19.4 Å². The third kappa shape index (κ3) is 4.02. The summed E-state index contributed by atoms with van der Waals surface area (Å²) in [6, 6.07) is 5.82. The number of hydrogen-bond donors (Lipinski definition) is 2. The first-order valence-corrected chi connectivity index (χ1v) is 9.09. The highest BCUT2D eigenvalue weighted by molar-refractivity contribution is 5.82. The zero-order chi connectivity index (χ0) is 17.9. The van der Waals surface area contributed by atoms with E-state index in [9.17, 15) is 19.4 Å². The summed E-state index contributed by atoms with van der Waals surface area (Å²) in [6.07, 6.45) is 2.36. The van der Waals surface area contributed by atoms with Crippen LogP contribution in [0.5, 0.6) is 0 Å². The molecule has 2 N–H and O–H groups in total. The molecule has 2 heterocycles. The van der Waals surface area contributed by atoms with E-state index in [1.54, 1.807) is 11.0 Å². The molecule has 0 aliphatic carbocycles. The van der Waals surface area contributed by atoms with Gasteiger partial charge in [0.25, 0.3) is 5.91 Å². The van der Waals surface area contributed by atoms with Crippen molar-refractivity contribution in [3.05, 3.63) is 35.6 Å². The van der Waals surface area contributed by atoms with E-state index in [4.69, 9.17) is 0 Å². The molecular weight excluding hydrogens is 323 g/mol. The molecule has 0 aromatic heterocycles. The Hall–Kier alpha value is -1.50. The lowest BCUT2D eigenvalue weighted by molar-refractivity contribution is -0.143. The van der Waals surface area contributed by atoms with E-state index < -0.39 is 17.8 Å². The van der Waals surface area contributed by atoms with E-state index in [1.807, 2.05) is 0 Å². The number of benzene rings is 1. The van der Waals surface area contributed by atoms with Gasteiger partial charge in [-0.15, -0.1) is 0 Å².